The van der Waals surface area contributed by atoms with E-state index in [1.165, 1.54) is 11.8 Å². The molecule has 98 valence electrons. The summed E-state index contributed by atoms with van der Waals surface area (Å²) < 4.78 is 0. The number of benzene rings is 1. The number of nitrogens with one attached hydrogen (secondary N) is 1. The molecule has 1 heterocycles. The van der Waals surface area contributed by atoms with Gasteiger partial charge in [0.1, 0.15) is 16.6 Å². The summed E-state index contributed by atoms with van der Waals surface area (Å²) in [4.78, 5) is 5.08. The minimum atomic E-state index is -0.163. The average molecular weight is 313 g/mol. The standard InChI is InChI=1S/C12H10Cl2N4S/c13-6-3-7(14)5-8(4-6)19-10-2-1-9(15)11(18-10)12(16)17/h1-5H,15H2,(H3,16,17). The molecule has 19 heavy (non-hydrogen) atoms. The molecule has 1 aromatic carbocycles. The molecule has 0 unspecified atom stereocenters. The van der Waals surface area contributed by atoms with E-state index in [0.29, 0.717) is 20.8 Å². The molecule has 2 rings (SSSR count). The Hall–Kier alpha value is -1.43. The first-order valence-electron chi connectivity index (χ1n) is 5.20. The van der Waals surface area contributed by atoms with Crippen LogP contribution in [0.25, 0.3) is 0 Å². The summed E-state index contributed by atoms with van der Waals surface area (Å²) in [5, 5.41) is 9.18. The van der Waals surface area contributed by atoms with Crippen molar-refractivity contribution in [3.63, 3.8) is 0 Å². The maximum Gasteiger partial charge on any atom is 0.144 e. The second-order valence-corrected chi connectivity index (χ2v) is 5.67. The molecule has 0 spiro atoms. The van der Waals surface area contributed by atoms with Crippen LogP contribution in [0.15, 0.2) is 40.3 Å². The van der Waals surface area contributed by atoms with E-state index in [9.17, 15) is 0 Å². The summed E-state index contributed by atoms with van der Waals surface area (Å²) in [6.45, 7) is 0. The Kier molecular flexibility index (Phi) is 4.19. The lowest BCUT2D eigenvalue weighted by Gasteiger charge is -2.06. The molecule has 0 saturated heterocycles. The summed E-state index contributed by atoms with van der Waals surface area (Å²) in [5.74, 6) is -0.163. The van der Waals surface area contributed by atoms with Crippen LogP contribution in [0.1, 0.15) is 5.69 Å². The first kappa shape index (κ1) is 14.0. The third-order valence-electron chi connectivity index (χ3n) is 2.21. The van der Waals surface area contributed by atoms with Gasteiger partial charge in [-0.05, 0) is 30.3 Å². The molecule has 5 N–H and O–H groups in total. The highest BCUT2D eigenvalue weighted by Crippen LogP contribution is 2.31. The summed E-state index contributed by atoms with van der Waals surface area (Å²) in [6.07, 6.45) is 0. The van der Waals surface area contributed by atoms with Gasteiger partial charge in [0, 0.05) is 14.9 Å². The van der Waals surface area contributed by atoms with Crippen molar-refractivity contribution in [3.05, 3.63) is 46.1 Å². The smallest absolute Gasteiger partial charge is 0.144 e. The molecule has 0 aliphatic rings. The molecular weight excluding hydrogens is 303 g/mol. The summed E-state index contributed by atoms with van der Waals surface area (Å²) in [7, 11) is 0. The van der Waals surface area contributed by atoms with E-state index in [4.69, 9.17) is 40.1 Å². The van der Waals surface area contributed by atoms with Crippen molar-refractivity contribution < 1.29 is 0 Å². The van der Waals surface area contributed by atoms with Gasteiger partial charge in [-0.2, -0.15) is 0 Å². The van der Waals surface area contributed by atoms with Gasteiger partial charge in [-0.15, -0.1) is 0 Å². The number of nitrogens with zero attached hydrogens (tertiary/aromatic N) is 1. The van der Waals surface area contributed by atoms with Crippen LogP contribution in [0.4, 0.5) is 5.69 Å². The van der Waals surface area contributed by atoms with Gasteiger partial charge < -0.3 is 11.5 Å². The number of hydrogen-bond acceptors (Lipinski definition) is 4. The SMILES string of the molecule is N=C(N)c1nc(Sc2cc(Cl)cc(Cl)c2)ccc1N. The quantitative estimate of drug-likeness (QED) is 0.598. The van der Waals surface area contributed by atoms with E-state index in [0.717, 1.165) is 4.90 Å². The second-order valence-electron chi connectivity index (χ2n) is 3.71. The number of nitrogen functional groups attached to an aromatic ring is 2. The van der Waals surface area contributed by atoms with Crippen LogP contribution >= 0.6 is 35.0 Å². The lowest BCUT2D eigenvalue weighted by molar-refractivity contribution is 1.11. The highest BCUT2D eigenvalue weighted by atomic mass is 35.5. The van der Waals surface area contributed by atoms with Gasteiger partial charge in [0.05, 0.1) is 5.69 Å². The Morgan fingerprint density at radius 2 is 1.79 bits per heavy atom. The van der Waals surface area contributed by atoms with Crippen molar-refractivity contribution in [2.45, 2.75) is 9.92 Å². The maximum absolute atomic E-state index is 7.40. The van der Waals surface area contributed by atoms with Crippen molar-refractivity contribution in [2.24, 2.45) is 5.73 Å². The van der Waals surface area contributed by atoms with E-state index in [1.807, 2.05) is 0 Å². The Morgan fingerprint density at radius 1 is 1.16 bits per heavy atom. The van der Waals surface area contributed by atoms with Gasteiger partial charge in [-0.25, -0.2) is 4.98 Å². The van der Waals surface area contributed by atoms with Gasteiger partial charge >= 0.3 is 0 Å². The predicted octanol–water partition coefficient (Wildman–Crippen LogP) is 3.41. The largest absolute Gasteiger partial charge is 0.397 e. The normalized spacial score (nSPS) is 10.4. The summed E-state index contributed by atoms with van der Waals surface area (Å²) in [6, 6.07) is 8.64. The molecule has 0 fully saturated rings. The average Bonchev–Trinajstić information content (AvgIpc) is 2.30. The van der Waals surface area contributed by atoms with E-state index in [2.05, 4.69) is 4.98 Å². The van der Waals surface area contributed by atoms with Gasteiger partial charge in [-0.3, -0.25) is 5.41 Å². The lowest BCUT2D eigenvalue weighted by atomic mass is 10.3. The first-order chi connectivity index (χ1) is 8.95. The molecule has 1 aromatic heterocycles. The molecule has 0 atom stereocenters. The fourth-order valence-electron chi connectivity index (χ4n) is 1.43. The monoisotopic (exact) mass is 312 g/mol. The van der Waals surface area contributed by atoms with Crippen LogP contribution < -0.4 is 11.5 Å². The number of rotatable bonds is 3. The number of hydrogen-bond donors (Lipinski definition) is 3. The highest BCUT2D eigenvalue weighted by Gasteiger charge is 2.08. The molecule has 7 heteroatoms. The zero-order valence-electron chi connectivity index (χ0n) is 9.65. The van der Waals surface area contributed by atoms with Crippen LogP contribution in [0.3, 0.4) is 0 Å². The van der Waals surface area contributed by atoms with Gasteiger partial charge in [-0.1, -0.05) is 35.0 Å². The van der Waals surface area contributed by atoms with Crippen LogP contribution in [0.2, 0.25) is 10.0 Å². The van der Waals surface area contributed by atoms with Crippen LogP contribution in [-0.4, -0.2) is 10.8 Å². The molecule has 0 saturated carbocycles. The van der Waals surface area contributed by atoms with Crippen molar-refractivity contribution in [1.29, 1.82) is 5.41 Å². The lowest BCUT2D eigenvalue weighted by Crippen LogP contribution is -2.15. The number of aromatic nitrogens is 1. The Bertz CT molecular complexity index is 625. The molecule has 4 nitrogen and oxygen atoms in total. The minimum absolute atomic E-state index is 0.163. The van der Waals surface area contributed by atoms with Crippen LogP contribution in [-0.2, 0) is 0 Å². The molecule has 0 amide bonds. The van der Waals surface area contributed by atoms with E-state index < -0.39 is 0 Å². The number of nitrogens with two attached hydrogens (primary N) is 2. The molecular formula is C12H10Cl2N4S. The van der Waals surface area contributed by atoms with Crippen LogP contribution in [0.5, 0.6) is 0 Å². The third-order valence-corrected chi connectivity index (χ3v) is 3.56. The molecule has 0 aliphatic heterocycles. The summed E-state index contributed by atoms with van der Waals surface area (Å²) in [5.41, 5.74) is 11.8. The van der Waals surface area contributed by atoms with Gasteiger partial charge in [0.25, 0.3) is 0 Å². The van der Waals surface area contributed by atoms with Crippen LogP contribution in [0, 0.1) is 5.41 Å². The summed E-state index contributed by atoms with van der Waals surface area (Å²) >= 11 is 13.2. The van der Waals surface area contributed by atoms with Crippen molar-refractivity contribution in [1.82, 2.24) is 4.98 Å². The van der Waals surface area contributed by atoms with E-state index in [1.54, 1.807) is 30.3 Å². The van der Waals surface area contributed by atoms with E-state index >= 15 is 0 Å². The number of halogens is 2. The Balaban J connectivity index is 2.33. The molecule has 0 radical (unpaired) electrons. The fraction of sp³-hybridized carbons (Fsp3) is 0. The number of pyridine rings is 1. The van der Waals surface area contributed by atoms with E-state index in [-0.39, 0.29) is 11.5 Å². The zero-order chi connectivity index (χ0) is 14.0. The molecule has 2 aromatic rings. The highest BCUT2D eigenvalue weighted by molar-refractivity contribution is 7.99. The zero-order valence-corrected chi connectivity index (χ0v) is 12.0. The first-order valence-corrected chi connectivity index (χ1v) is 6.78. The Morgan fingerprint density at radius 3 is 2.37 bits per heavy atom. The van der Waals surface area contributed by atoms with Gasteiger partial charge in [0.2, 0.25) is 0 Å². The van der Waals surface area contributed by atoms with Crippen molar-refractivity contribution in [3.8, 4) is 0 Å². The van der Waals surface area contributed by atoms with Crippen molar-refractivity contribution >= 4 is 46.5 Å². The fourth-order valence-corrected chi connectivity index (χ4v) is 2.97. The third kappa shape index (κ3) is 3.53. The second kappa shape index (κ2) is 5.69. The maximum atomic E-state index is 7.40. The predicted molar refractivity (Wildman–Crippen MR) is 80.3 cm³/mol. The minimum Gasteiger partial charge on any atom is -0.397 e. The molecule has 0 bridgehead atoms. The van der Waals surface area contributed by atoms with Crippen molar-refractivity contribution in [2.75, 3.05) is 5.73 Å². The van der Waals surface area contributed by atoms with Gasteiger partial charge in [0.15, 0.2) is 0 Å². The topological polar surface area (TPSA) is 88.8 Å². The molecule has 0 aliphatic carbocycles. The number of amidine groups is 1. The number of anilines is 1. The Labute approximate surface area is 124 Å².